The molecule has 1 rings (SSSR count). The number of hydrogen-bond acceptors (Lipinski definition) is 2. The van der Waals surface area contributed by atoms with Crippen LogP contribution in [-0.4, -0.2) is 16.3 Å². The van der Waals surface area contributed by atoms with Crippen LogP contribution in [0.4, 0.5) is 0 Å². The van der Waals surface area contributed by atoms with Gasteiger partial charge in [-0.1, -0.05) is 11.6 Å². The summed E-state index contributed by atoms with van der Waals surface area (Å²) in [6.45, 7) is 4.71. The second kappa shape index (κ2) is 3.92. The molecule has 0 aliphatic rings. The first kappa shape index (κ1) is 9.55. The van der Waals surface area contributed by atoms with Gasteiger partial charge in [-0.2, -0.15) is 5.10 Å². The van der Waals surface area contributed by atoms with E-state index in [9.17, 15) is 0 Å². The van der Waals surface area contributed by atoms with Gasteiger partial charge in [-0.15, -0.1) is 0 Å². The fourth-order valence-electron chi connectivity index (χ4n) is 1.07. The van der Waals surface area contributed by atoms with Crippen LogP contribution in [0.1, 0.15) is 25.5 Å². The molecule has 0 saturated heterocycles. The lowest BCUT2D eigenvalue weighted by atomic mass is 10.2. The maximum absolute atomic E-state index is 6.04. The molecule has 0 aliphatic heterocycles. The SMILES string of the molecule is CC(C)n1ncc(CCN)c1Cl. The standard InChI is InChI=1S/C8H14ClN3/c1-6(2)12-8(9)7(3-4-10)5-11-12/h5-6H,3-4,10H2,1-2H3. The molecule has 0 saturated carbocycles. The molecule has 1 aromatic rings. The van der Waals surface area contributed by atoms with E-state index in [0.29, 0.717) is 12.6 Å². The van der Waals surface area contributed by atoms with Gasteiger partial charge in [0.1, 0.15) is 5.15 Å². The average molecular weight is 188 g/mol. The summed E-state index contributed by atoms with van der Waals surface area (Å²) in [5.41, 5.74) is 6.45. The van der Waals surface area contributed by atoms with Gasteiger partial charge in [0.05, 0.1) is 6.20 Å². The van der Waals surface area contributed by atoms with Crippen molar-refractivity contribution in [3.63, 3.8) is 0 Å². The third-order valence-electron chi connectivity index (χ3n) is 1.71. The molecule has 0 aromatic carbocycles. The van der Waals surface area contributed by atoms with Gasteiger partial charge in [-0.05, 0) is 26.8 Å². The Kier molecular flexibility index (Phi) is 3.12. The predicted molar refractivity (Wildman–Crippen MR) is 50.4 cm³/mol. The number of nitrogens with two attached hydrogens (primary N) is 1. The van der Waals surface area contributed by atoms with E-state index in [1.54, 1.807) is 10.9 Å². The zero-order valence-electron chi connectivity index (χ0n) is 7.42. The van der Waals surface area contributed by atoms with Gasteiger partial charge >= 0.3 is 0 Å². The van der Waals surface area contributed by atoms with Crippen LogP contribution in [0, 0.1) is 0 Å². The second-order valence-corrected chi connectivity index (χ2v) is 3.40. The molecular weight excluding hydrogens is 174 g/mol. The summed E-state index contributed by atoms with van der Waals surface area (Å²) >= 11 is 6.04. The van der Waals surface area contributed by atoms with Crippen molar-refractivity contribution in [2.45, 2.75) is 26.3 Å². The highest BCUT2D eigenvalue weighted by atomic mass is 35.5. The van der Waals surface area contributed by atoms with E-state index in [1.807, 2.05) is 13.8 Å². The lowest BCUT2D eigenvalue weighted by Gasteiger charge is -2.06. The van der Waals surface area contributed by atoms with Gasteiger partial charge in [0.2, 0.25) is 0 Å². The zero-order chi connectivity index (χ0) is 9.14. The third kappa shape index (κ3) is 1.79. The molecule has 4 heteroatoms. The van der Waals surface area contributed by atoms with E-state index >= 15 is 0 Å². The van der Waals surface area contributed by atoms with Gasteiger partial charge in [0.15, 0.2) is 0 Å². The quantitative estimate of drug-likeness (QED) is 0.782. The first-order valence-electron chi connectivity index (χ1n) is 4.08. The molecule has 0 aliphatic carbocycles. The molecule has 0 spiro atoms. The van der Waals surface area contributed by atoms with E-state index in [4.69, 9.17) is 17.3 Å². The fourth-order valence-corrected chi connectivity index (χ4v) is 1.45. The summed E-state index contributed by atoms with van der Waals surface area (Å²) in [5, 5.41) is 4.88. The molecule has 3 nitrogen and oxygen atoms in total. The molecule has 0 unspecified atom stereocenters. The number of aromatic nitrogens is 2. The van der Waals surface area contributed by atoms with Crippen molar-refractivity contribution in [1.82, 2.24) is 9.78 Å². The first-order chi connectivity index (χ1) is 5.66. The molecule has 1 aromatic heterocycles. The van der Waals surface area contributed by atoms with Crippen LogP contribution in [0.3, 0.4) is 0 Å². The van der Waals surface area contributed by atoms with Gasteiger partial charge in [0, 0.05) is 11.6 Å². The van der Waals surface area contributed by atoms with E-state index < -0.39 is 0 Å². The highest BCUT2D eigenvalue weighted by Gasteiger charge is 2.09. The number of hydrogen-bond donors (Lipinski definition) is 1. The fraction of sp³-hybridized carbons (Fsp3) is 0.625. The summed E-state index contributed by atoms with van der Waals surface area (Å²) < 4.78 is 1.80. The summed E-state index contributed by atoms with van der Waals surface area (Å²) in [4.78, 5) is 0. The molecule has 68 valence electrons. The number of nitrogens with zero attached hydrogens (tertiary/aromatic N) is 2. The Morgan fingerprint density at radius 2 is 2.33 bits per heavy atom. The van der Waals surface area contributed by atoms with Crippen molar-refractivity contribution in [3.05, 3.63) is 16.9 Å². The Morgan fingerprint density at radius 1 is 1.67 bits per heavy atom. The second-order valence-electron chi connectivity index (χ2n) is 3.04. The Hall–Kier alpha value is -0.540. The van der Waals surface area contributed by atoms with Gasteiger partial charge in [-0.3, -0.25) is 4.68 Å². The molecule has 0 amide bonds. The summed E-state index contributed by atoms with van der Waals surface area (Å²) in [6.07, 6.45) is 2.58. The Bertz CT molecular complexity index is 255. The summed E-state index contributed by atoms with van der Waals surface area (Å²) in [6, 6.07) is 0.309. The monoisotopic (exact) mass is 187 g/mol. The zero-order valence-corrected chi connectivity index (χ0v) is 8.17. The summed E-state index contributed by atoms with van der Waals surface area (Å²) in [7, 11) is 0. The average Bonchev–Trinajstić information content (AvgIpc) is 2.34. The van der Waals surface area contributed by atoms with E-state index in [2.05, 4.69) is 5.10 Å². The topological polar surface area (TPSA) is 43.8 Å². The lowest BCUT2D eigenvalue weighted by molar-refractivity contribution is 0.533. The summed E-state index contributed by atoms with van der Waals surface area (Å²) in [5.74, 6) is 0. The predicted octanol–water partition coefficient (Wildman–Crippen LogP) is 1.62. The minimum atomic E-state index is 0.309. The highest BCUT2D eigenvalue weighted by Crippen LogP contribution is 2.19. The lowest BCUT2D eigenvalue weighted by Crippen LogP contribution is -2.04. The highest BCUT2D eigenvalue weighted by molar-refractivity contribution is 6.30. The number of halogens is 1. The van der Waals surface area contributed by atoms with Crippen molar-refractivity contribution in [3.8, 4) is 0 Å². The van der Waals surface area contributed by atoms with E-state index in [-0.39, 0.29) is 0 Å². The third-order valence-corrected chi connectivity index (χ3v) is 2.12. The van der Waals surface area contributed by atoms with Crippen LogP contribution < -0.4 is 5.73 Å². The van der Waals surface area contributed by atoms with Crippen LogP contribution in [-0.2, 0) is 6.42 Å². The maximum Gasteiger partial charge on any atom is 0.130 e. The molecule has 1 heterocycles. The van der Waals surface area contributed by atoms with Crippen molar-refractivity contribution in [1.29, 1.82) is 0 Å². The van der Waals surface area contributed by atoms with Gasteiger partial charge < -0.3 is 5.73 Å². The Labute approximate surface area is 77.5 Å². The molecule has 0 radical (unpaired) electrons. The molecule has 12 heavy (non-hydrogen) atoms. The van der Waals surface area contributed by atoms with E-state index in [0.717, 1.165) is 17.1 Å². The van der Waals surface area contributed by atoms with Gasteiger partial charge in [0.25, 0.3) is 0 Å². The minimum absolute atomic E-state index is 0.309. The van der Waals surface area contributed by atoms with Crippen molar-refractivity contribution in [2.24, 2.45) is 5.73 Å². The van der Waals surface area contributed by atoms with Crippen LogP contribution >= 0.6 is 11.6 Å². The van der Waals surface area contributed by atoms with Crippen molar-refractivity contribution < 1.29 is 0 Å². The number of rotatable bonds is 3. The molecule has 0 fully saturated rings. The largest absolute Gasteiger partial charge is 0.330 e. The van der Waals surface area contributed by atoms with E-state index in [1.165, 1.54) is 0 Å². The van der Waals surface area contributed by atoms with Crippen LogP contribution in [0.2, 0.25) is 5.15 Å². The maximum atomic E-state index is 6.04. The minimum Gasteiger partial charge on any atom is -0.330 e. The smallest absolute Gasteiger partial charge is 0.130 e. The molecule has 2 N–H and O–H groups in total. The van der Waals surface area contributed by atoms with Crippen molar-refractivity contribution in [2.75, 3.05) is 6.54 Å². The Balaban J connectivity index is 2.88. The van der Waals surface area contributed by atoms with Crippen LogP contribution in [0.15, 0.2) is 6.20 Å². The first-order valence-corrected chi connectivity index (χ1v) is 4.46. The van der Waals surface area contributed by atoms with Crippen molar-refractivity contribution >= 4 is 11.6 Å². The van der Waals surface area contributed by atoms with Crippen LogP contribution in [0.25, 0.3) is 0 Å². The van der Waals surface area contributed by atoms with Crippen LogP contribution in [0.5, 0.6) is 0 Å². The van der Waals surface area contributed by atoms with Gasteiger partial charge in [-0.25, -0.2) is 0 Å². The Morgan fingerprint density at radius 3 is 2.75 bits per heavy atom. The molecule has 0 bridgehead atoms. The molecular formula is C8H14ClN3. The normalized spacial score (nSPS) is 11.1. The molecule has 0 atom stereocenters.